The van der Waals surface area contributed by atoms with Crippen LogP contribution in [-0.4, -0.2) is 38.1 Å². The summed E-state index contributed by atoms with van der Waals surface area (Å²) in [6.45, 7) is 3.01. The lowest BCUT2D eigenvalue weighted by Gasteiger charge is -2.38. The van der Waals surface area contributed by atoms with Gasteiger partial charge in [-0.1, -0.05) is 0 Å². The zero-order valence-corrected chi connectivity index (χ0v) is 8.84. The van der Waals surface area contributed by atoms with Crippen LogP contribution in [-0.2, 0) is 9.53 Å². The van der Waals surface area contributed by atoms with Crippen molar-refractivity contribution in [3.63, 3.8) is 0 Å². The highest BCUT2D eigenvalue weighted by atomic mass is 19.1. The zero-order valence-electron chi connectivity index (χ0n) is 8.84. The van der Waals surface area contributed by atoms with Crippen LogP contribution in [0.3, 0.4) is 0 Å². The van der Waals surface area contributed by atoms with Crippen molar-refractivity contribution in [1.29, 1.82) is 0 Å². The number of nitrogens with zero attached hydrogens (tertiary/aromatic N) is 1. The minimum absolute atomic E-state index is 0.368. The molecule has 0 aromatic rings. The Balaban J connectivity index is 2.95. The van der Waals surface area contributed by atoms with E-state index >= 15 is 0 Å². The van der Waals surface area contributed by atoms with Gasteiger partial charge in [-0.2, -0.15) is 0 Å². The van der Waals surface area contributed by atoms with E-state index in [0.717, 1.165) is 6.54 Å². The lowest BCUT2D eigenvalue weighted by atomic mass is 9.78. The van der Waals surface area contributed by atoms with Gasteiger partial charge >= 0.3 is 5.97 Å². The Hall–Kier alpha value is -0.900. The molecule has 1 saturated heterocycles. The number of piperidine rings is 1. The molecule has 1 atom stereocenters. The third kappa shape index (κ3) is 1.80. The van der Waals surface area contributed by atoms with Crippen molar-refractivity contribution in [3.05, 3.63) is 11.9 Å². The molecule has 0 unspecified atom stereocenters. The van der Waals surface area contributed by atoms with Gasteiger partial charge < -0.3 is 9.64 Å². The fourth-order valence-corrected chi connectivity index (χ4v) is 1.90. The fraction of sp³-hybridized carbons (Fsp3) is 0.700. The minimum Gasteiger partial charge on any atom is -0.468 e. The van der Waals surface area contributed by atoms with Gasteiger partial charge in [0.2, 0.25) is 0 Å². The molecule has 1 aliphatic rings. The van der Waals surface area contributed by atoms with E-state index in [1.807, 2.05) is 11.9 Å². The zero-order chi connectivity index (χ0) is 10.8. The second-order valence-electron chi connectivity index (χ2n) is 3.95. The number of halogens is 1. The molecule has 0 aromatic heterocycles. The lowest BCUT2D eigenvalue weighted by Crippen LogP contribution is -2.46. The molecule has 1 rings (SSSR count). The van der Waals surface area contributed by atoms with Crippen LogP contribution in [0.5, 0.6) is 0 Å². The Kier molecular flexibility index (Phi) is 3.26. The SMILES string of the molecule is COC(=O)[C@]1(C)CN(C)CC/C1=C\F. The predicted octanol–water partition coefficient (Wildman–Crippen LogP) is 1.35. The maximum Gasteiger partial charge on any atom is 0.317 e. The van der Waals surface area contributed by atoms with Crippen LogP contribution < -0.4 is 0 Å². The number of hydrogen-bond acceptors (Lipinski definition) is 3. The summed E-state index contributed by atoms with van der Waals surface area (Å²) in [5.41, 5.74) is -0.293. The summed E-state index contributed by atoms with van der Waals surface area (Å²) in [6, 6.07) is 0. The van der Waals surface area contributed by atoms with Crippen LogP contribution in [0.25, 0.3) is 0 Å². The van der Waals surface area contributed by atoms with Crippen molar-refractivity contribution in [1.82, 2.24) is 4.90 Å². The van der Waals surface area contributed by atoms with Crippen molar-refractivity contribution in [2.24, 2.45) is 5.41 Å². The van der Waals surface area contributed by atoms with Gasteiger partial charge in [0.15, 0.2) is 0 Å². The average molecular weight is 201 g/mol. The van der Waals surface area contributed by atoms with E-state index < -0.39 is 5.41 Å². The minimum atomic E-state index is -0.823. The van der Waals surface area contributed by atoms with Crippen molar-refractivity contribution in [2.75, 3.05) is 27.2 Å². The highest BCUT2D eigenvalue weighted by molar-refractivity contribution is 5.80. The molecule has 1 fully saturated rings. The van der Waals surface area contributed by atoms with Gasteiger partial charge in [0, 0.05) is 13.1 Å². The first-order valence-corrected chi connectivity index (χ1v) is 4.61. The average Bonchev–Trinajstić information content (AvgIpc) is 2.16. The Morgan fingerprint density at radius 1 is 1.71 bits per heavy atom. The molecule has 14 heavy (non-hydrogen) atoms. The smallest absolute Gasteiger partial charge is 0.317 e. The standard InChI is InChI=1S/C10H16FNO2/c1-10(9(13)14-3)7-12(2)5-4-8(10)6-11/h6H,4-5,7H2,1-3H3/b8-6+/t10-/m1/s1. The van der Waals surface area contributed by atoms with Crippen molar-refractivity contribution in [2.45, 2.75) is 13.3 Å². The van der Waals surface area contributed by atoms with Gasteiger partial charge in [-0.15, -0.1) is 0 Å². The van der Waals surface area contributed by atoms with Crippen LogP contribution in [0.1, 0.15) is 13.3 Å². The molecule has 0 bridgehead atoms. The number of rotatable bonds is 1. The summed E-state index contributed by atoms with van der Waals surface area (Å²) in [4.78, 5) is 13.6. The second kappa shape index (κ2) is 4.09. The Morgan fingerprint density at radius 3 is 2.86 bits per heavy atom. The first kappa shape index (κ1) is 11.2. The lowest BCUT2D eigenvalue weighted by molar-refractivity contribution is -0.151. The third-order valence-electron chi connectivity index (χ3n) is 2.83. The van der Waals surface area contributed by atoms with Crippen LogP contribution in [0.4, 0.5) is 4.39 Å². The maximum atomic E-state index is 12.6. The number of carbonyl (C=O) groups excluding carboxylic acids is 1. The molecular weight excluding hydrogens is 185 g/mol. The number of ether oxygens (including phenoxy) is 1. The van der Waals surface area contributed by atoms with Gasteiger partial charge in [-0.3, -0.25) is 4.79 Å². The summed E-state index contributed by atoms with van der Waals surface area (Å²) in [6.07, 6.45) is 1.13. The van der Waals surface area contributed by atoms with E-state index in [-0.39, 0.29) is 5.97 Å². The first-order valence-electron chi connectivity index (χ1n) is 4.61. The van der Waals surface area contributed by atoms with Crippen molar-refractivity contribution < 1.29 is 13.9 Å². The van der Waals surface area contributed by atoms with Crippen LogP contribution in [0.15, 0.2) is 11.9 Å². The maximum absolute atomic E-state index is 12.6. The molecule has 0 N–H and O–H groups in total. The van der Waals surface area contributed by atoms with Gasteiger partial charge in [0.25, 0.3) is 0 Å². The molecule has 1 heterocycles. The molecule has 80 valence electrons. The molecule has 0 saturated carbocycles. The number of methoxy groups -OCH3 is 1. The van der Waals surface area contributed by atoms with E-state index in [2.05, 4.69) is 0 Å². The fourth-order valence-electron chi connectivity index (χ4n) is 1.90. The van der Waals surface area contributed by atoms with E-state index in [4.69, 9.17) is 4.74 Å². The number of hydrogen-bond donors (Lipinski definition) is 0. The molecule has 3 nitrogen and oxygen atoms in total. The van der Waals surface area contributed by atoms with Gasteiger partial charge in [-0.25, -0.2) is 4.39 Å². The van der Waals surface area contributed by atoms with Gasteiger partial charge in [-0.05, 0) is 26.0 Å². The van der Waals surface area contributed by atoms with E-state index in [9.17, 15) is 9.18 Å². The topological polar surface area (TPSA) is 29.5 Å². The molecule has 0 spiro atoms. The molecule has 4 heteroatoms. The highest BCUT2D eigenvalue weighted by Crippen LogP contribution is 2.35. The van der Waals surface area contributed by atoms with E-state index in [1.165, 1.54) is 7.11 Å². The van der Waals surface area contributed by atoms with Crippen LogP contribution in [0, 0.1) is 5.41 Å². The Labute approximate surface area is 83.5 Å². The Bertz CT molecular complexity index is 265. The number of carbonyl (C=O) groups is 1. The molecule has 0 aromatic carbocycles. The normalized spacial score (nSPS) is 31.9. The molecule has 1 aliphatic heterocycles. The van der Waals surface area contributed by atoms with Crippen molar-refractivity contribution in [3.8, 4) is 0 Å². The monoisotopic (exact) mass is 201 g/mol. The summed E-state index contributed by atoms with van der Waals surface area (Å²) >= 11 is 0. The summed E-state index contributed by atoms with van der Waals surface area (Å²) in [5.74, 6) is -0.368. The quantitative estimate of drug-likeness (QED) is 0.600. The molecule has 0 aliphatic carbocycles. The first-order chi connectivity index (χ1) is 6.54. The summed E-state index contributed by atoms with van der Waals surface area (Å²) in [5, 5.41) is 0. The van der Waals surface area contributed by atoms with Crippen LogP contribution >= 0.6 is 0 Å². The third-order valence-corrected chi connectivity index (χ3v) is 2.83. The largest absolute Gasteiger partial charge is 0.468 e. The summed E-state index contributed by atoms with van der Waals surface area (Å²) < 4.78 is 17.3. The van der Waals surface area contributed by atoms with Gasteiger partial charge in [0.1, 0.15) is 5.41 Å². The summed E-state index contributed by atoms with van der Waals surface area (Å²) in [7, 11) is 3.24. The van der Waals surface area contributed by atoms with Gasteiger partial charge in [0.05, 0.1) is 13.4 Å². The highest BCUT2D eigenvalue weighted by Gasteiger charge is 2.42. The van der Waals surface area contributed by atoms with Crippen LogP contribution in [0.2, 0.25) is 0 Å². The van der Waals surface area contributed by atoms with E-state index in [1.54, 1.807) is 6.92 Å². The van der Waals surface area contributed by atoms with E-state index in [0.29, 0.717) is 24.9 Å². The molecular formula is C10H16FNO2. The predicted molar refractivity (Wildman–Crippen MR) is 51.4 cm³/mol. The molecule has 0 amide bonds. The number of esters is 1. The Morgan fingerprint density at radius 2 is 2.36 bits per heavy atom. The molecule has 0 radical (unpaired) electrons. The number of likely N-dealkylation sites (tertiary alicyclic amines) is 1. The second-order valence-corrected chi connectivity index (χ2v) is 3.95. The van der Waals surface area contributed by atoms with Crippen molar-refractivity contribution >= 4 is 5.97 Å².